The van der Waals surface area contributed by atoms with Crippen LogP contribution in [0.1, 0.15) is 44.2 Å². The van der Waals surface area contributed by atoms with Gasteiger partial charge in [0.15, 0.2) is 0 Å². The maximum absolute atomic E-state index is 12.1. The molecule has 4 rings (SSSR count). The van der Waals surface area contributed by atoms with Crippen molar-refractivity contribution in [2.75, 3.05) is 33.1 Å². The molecule has 0 unspecified atom stereocenters. The van der Waals surface area contributed by atoms with E-state index in [1.807, 2.05) is 23.8 Å². The molecule has 0 aromatic carbocycles. The fourth-order valence-corrected chi connectivity index (χ4v) is 4.36. The largest absolute Gasteiger partial charge is 0.393 e. The Hall–Kier alpha value is -2.98. The summed E-state index contributed by atoms with van der Waals surface area (Å²) in [5.41, 5.74) is 3.89. The first-order chi connectivity index (χ1) is 15.9. The number of carbonyl (C=O) groups excluding carboxylic acids is 1. The summed E-state index contributed by atoms with van der Waals surface area (Å²) in [5.74, 6) is 0.829. The third kappa shape index (κ3) is 5.17. The minimum Gasteiger partial charge on any atom is -0.393 e. The van der Waals surface area contributed by atoms with Gasteiger partial charge in [0.1, 0.15) is 6.54 Å². The predicted octanol–water partition coefficient (Wildman–Crippen LogP) is 2.15. The molecule has 1 aliphatic carbocycles. The highest BCUT2D eigenvalue weighted by molar-refractivity contribution is 5.81. The van der Waals surface area contributed by atoms with Gasteiger partial charge in [0.2, 0.25) is 11.9 Å². The Morgan fingerprint density at radius 1 is 1.30 bits per heavy atom. The average molecular weight is 456 g/mol. The zero-order chi connectivity index (χ0) is 23.5. The van der Waals surface area contributed by atoms with Gasteiger partial charge < -0.3 is 20.1 Å². The lowest BCUT2D eigenvalue weighted by Gasteiger charge is -2.25. The first-order valence-electron chi connectivity index (χ1n) is 11.4. The molecule has 10 nitrogen and oxygen atoms in total. The van der Waals surface area contributed by atoms with Gasteiger partial charge in [0.25, 0.3) is 0 Å². The highest BCUT2D eigenvalue weighted by atomic mass is 16.5. The monoisotopic (exact) mass is 455 g/mol. The molecule has 33 heavy (non-hydrogen) atoms. The van der Waals surface area contributed by atoms with Crippen LogP contribution in [0.5, 0.6) is 0 Å². The maximum Gasteiger partial charge on any atom is 0.243 e. The van der Waals surface area contributed by atoms with Crippen molar-refractivity contribution in [1.29, 1.82) is 0 Å². The molecule has 10 heteroatoms. The second-order valence-corrected chi connectivity index (χ2v) is 9.08. The van der Waals surface area contributed by atoms with Gasteiger partial charge in [-0.2, -0.15) is 5.10 Å². The zero-order valence-electron chi connectivity index (χ0n) is 19.7. The number of amides is 1. The van der Waals surface area contributed by atoms with Crippen molar-refractivity contribution in [2.24, 2.45) is 0 Å². The smallest absolute Gasteiger partial charge is 0.243 e. The lowest BCUT2D eigenvalue weighted by molar-refractivity contribution is -0.129. The Morgan fingerprint density at radius 3 is 2.76 bits per heavy atom. The summed E-state index contributed by atoms with van der Waals surface area (Å²) >= 11 is 0. The number of aromatic nitrogens is 5. The molecule has 0 spiro atoms. The van der Waals surface area contributed by atoms with E-state index in [0.717, 1.165) is 48.0 Å². The Balaban J connectivity index is 1.71. The molecule has 0 saturated heterocycles. The molecule has 3 aromatic rings. The van der Waals surface area contributed by atoms with Crippen molar-refractivity contribution in [3.63, 3.8) is 0 Å². The fourth-order valence-electron chi connectivity index (χ4n) is 4.36. The highest BCUT2D eigenvalue weighted by Gasteiger charge is 2.26. The normalized spacial score (nSPS) is 19.5. The SMILES string of the molecule is COC[C@H](C)Nc1ncc2c(-c3cnn(CC(=O)N(C)C)c3)cc([C@H]3CC[C@H](O)CC3)n2n1. The number of aliphatic hydroxyl groups excluding tert-OH is 1. The van der Waals surface area contributed by atoms with Crippen LogP contribution < -0.4 is 5.32 Å². The van der Waals surface area contributed by atoms with Crippen LogP contribution in [0.2, 0.25) is 0 Å². The molecule has 1 atom stereocenters. The number of aliphatic hydroxyl groups is 1. The van der Waals surface area contributed by atoms with E-state index >= 15 is 0 Å². The van der Waals surface area contributed by atoms with E-state index in [2.05, 4.69) is 21.5 Å². The van der Waals surface area contributed by atoms with Gasteiger partial charge in [-0.05, 0) is 38.7 Å². The van der Waals surface area contributed by atoms with E-state index in [4.69, 9.17) is 9.84 Å². The Labute approximate surface area is 193 Å². The van der Waals surface area contributed by atoms with Crippen LogP contribution in [-0.4, -0.2) is 80.2 Å². The van der Waals surface area contributed by atoms with Crippen LogP contribution >= 0.6 is 0 Å². The number of hydrogen-bond donors (Lipinski definition) is 2. The molecule has 178 valence electrons. The molecule has 1 saturated carbocycles. The van der Waals surface area contributed by atoms with Gasteiger partial charge in [-0.3, -0.25) is 9.48 Å². The third-order valence-corrected chi connectivity index (χ3v) is 6.19. The minimum atomic E-state index is -0.221. The van der Waals surface area contributed by atoms with Crippen LogP contribution in [0, 0.1) is 0 Å². The third-order valence-electron chi connectivity index (χ3n) is 6.19. The lowest BCUT2D eigenvalue weighted by atomic mass is 9.85. The number of hydrogen-bond acceptors (Lipinski definition) is 7. The number of ether oxygens (including phenoxy) is 1. The van der Waals surface area contributed by atoms with E-state index in [-0.39, 0.29) is 24.6 Å². The van der Waals surface area contributed by atoms with Crippen molar-refractivity contribution >= 4 is 17.4 Å². The predicted molar refractivity (Wildman–Crippen MR) is 125 cm³/mol. The molecule has 3 heterocycles. The highest BCUT2D eigenvalue weighted by Crippen LogP contribution is 2.37. The van der Waals surface area contributed by atoms with Crippen LogP contribution in [-0.2, 0) is 16.1 Å². The number of nitrogens with one attached hydrogen (secondary N) is 1. The van der Waals surface area contributed by atoms with Crippen molar-refractivity contribution < 1.29 is 14.6 Å². The molecule has 1 aliphatic rings. The molecular weight excluding hydrogens is 422 g/mol. The van der Waals surface area contributed by atoms with E-state index in [0.29, 0.717) is 18.5 Å². The summed E-state index contributed by atoms with van der Waals surface area (Å²) < 4.78 is 8.83. The van der Waals surface area contributed by atoms with Gasteiger partial charge in [0.05, 0.1) is 30.6 Å². The average Bonchev–Trinajstić information content (AvgIpc) is 3.38. The molecule has 0 radical (unpaired) electrons. The standard InChI is InChI=1S/C23H33N7O3/c1-15(14-33-4)26-23-24-11-21-19(17-10-25-29(12-17)13-22(32)28(2)3)9-20(30(21)27-23)16-5-7-18(31)8-6-16/h9-12,15-16,18,31H,5-8,13-14H2,1-4H3,(H,26,27)/t15-,16-,18-/m0/s1. The molecular formula is C23H33N7O3. The van der Waals surface area contributed by atoms with Crippen molar-refractivity contribution in [3.05, 3.63) is 30.4 Å². The summed E-state index contributed by atoms with van der Waals surface area (Å²) in [6.07, 6.45) is 8.68. The number of methoxy groups -OCH3 is 1. The number of rotatable bonds is 8. The van der Waals surface area contributed by atoms with Crippen molar-refractivity contribution in [2.45, 2.75) is 57.2 Å². The summed E-state index contributed by atoms with van der Waals surface area (Å²) in [4.78, 5) is 18.2. The first kappa shape index (κ1) is 23.2. The maximum atomic E-state index is 12.1. The number of carbonyl (C=O) groups is 1. The lowest BCUT2D eigenvalue weighted by Crippen LogP contribution is -2.26. The summed E-state index contributed by atoms with van der Waals surface area (Å²) in [7, 11) is 5.14. The van der Waals surface area contributed by atoms with Crippen LogP contribution in [0.3, 0.4) is 0 Å². The minimum absolute atomic E-state index is 0.0166. The molecule has 0 aliphatic heterocycles. The number of likely N-dealkylation sites (N-methyl/N-ethyl adjacent to an activating group) is 1. The summed E-state index contributed by atoms with van der Waals surface area (Å²) in [6, 6.07) is 2.23. The fraction of sp³-hybridized carbons (Fsp3) is 0.565. The number of fused-ring (bicyclic) bond motifs is 1. The second-order valence-electron chi connectivity index (χ2n) is 9.08. The molecule has 1 fully saturated rings. The summed E-state index contributed by atoms with van der Waals surface area (Å²) in [6.45, 7) is 2.76. The molecule has 1 amide bonds. The first-order valence-corrected chi connectivity index (χ1v) is 11.4. The van der Waals surface area contributed by atoms with Crippen LogP contribution in [0.25, 0.3) is 16.6 Å². The van der Waals surface area contributed by atoms with Gasteiger partial charge >= 0.3 is 0 Å². The Kier molecular flexibility index (Phi) is 6.94. The second kappa shape index (κ2) is 9.88. The van der Waals surface area contributed by atoms with Gasteiger partial charge in [-0.25, -0.2) is 9.50 Å². The van der Waals surface area contributed by atoms with Crippen molar-refractivity contribution in [3.8, 4) is 11.1 Å². The van der Waals surface area contributed by atoms with Crippen LogP contribution in [0.15, 0.2) is 24.7 Å². The molecule has 3 aromatic heterocycles. The van der Waals surface area contributed by atoms with E-state index in [1.165, 1.54) is 0 Å². The van der Waals surface area contributed by atoms with Crippen LogP contribution in [0.4, 0.5) is 5.95 Å². The van der Waals surface area contributed by atoms with E-state index in [9.17, 15) is 9.90 Å². The van der Waals surface area contributed by atoms with Crippen molar-refractivity contribution in [1.82, 2.24) is 29.3 Å². The van der Waals surface area contributed by atoms with E-state index < -0.39 is 0 Å². The van der Waals surface area contributed by atoms with Gasteiger partial charge in [-0.1, -0.05) is 0 Å². The topological polar surface area (TPSA) is 110 Å². The number of anilines is 1. The Morgan fingerprint density at radius 2 is 2.06 bits per heavy atom. The van der Waals surface area contributed by atoms with Gasteiger partial charge in [0, 0.05) is 56.2 Å². The number of nitrogens with zero attached hydrogens (tertiary/aromatic N) is 6. The zero-order valence-corrected chi connectivity index (χ0v) is 19.7. The Bertz CT molecular complexity index is 1100. The summed E-state index contributed by atoms with van der Waals surface area (Å²) in [5, 5.41) is 22.5. The van der Waals surface area contributed by atoms with Gasteiger partial charge in [-0.15, -0.1) is 5.10 Å². The quantitative estimate of drug-likeness (QED) is 0.535. The molecule has 2 N–H and O–H groups in total. The van der Waals surface area contributed by atoms with E-state index in [1.54, 1.807) is 37.0 Å². The molecule has 0 bridgehead atoms.